The predicted molar refractivity (Wildman–Crippen MR) is 101 cm³/mol. The van der Waals surface area contributed by atoms with Crippen LogP contribution in [0.5, 0.6) is 0 Å². The first-order valence-electron chi connectivity index (χ1n) is 9.07. The summed E-state index contributed by atoms with van der Waals surface area (Å²) in [6.45, 7) is 6.37. The molecule has 1 atom stereocenters. The highest BCUT2D eigenvalue weighted by Crippen LogP contribution is 2.40. The number of hydrogen-bond acceptors (Lipinski definition) is 5. The summed E-state index contributed by atoms with van der Waals surface area (Å²) in [4.78, 5) is 35.8. The van der Waals surface area contributed by atoms with E-state index in [0.29, 0.717) is 23.5 Å². The Kier molecular flexibility index (Phi) is 3.43. The van der Waals surface area contributed by atoms with Crippen LogP contribution in [0.25, 0.3) is 10.2 Å². The van der Waals surface area contributed by atoms with Crippen LogP contribution in [0.2, 0.25) is 0 Å². The Morgan fingerprint density at radius 3 is 2.77 bits per heavy atom. The topological polar surface area (TPSA) is 56.8 Å². The van der Waals surface area contributed by atoms with Gasteiger partial charge < -0.3 is 9.80 Å². The maximum absolute atomic E-state index is 12.8. The fraction of sp³-hybridized carbons (Fsp3) is 0.526. The van der Waals surface area contributed by atoms with Crippen molar-refractivity contribution in [2.75, 3.05) is 44.7 Å². The largest absolute Gasteiger partial charge is 0.341 e. The molecule has 3 fully saturated rings. The zero-order chi connectivity index (χ0) is 18.1. The summed E-state index contributed by atoms with van der Waals surface area (Å²) in [5.41, 5.74) is 2.43. The minimum Gasteiger partial charge on any atom is -0.341 e. The molecule has 6 nitrogen and oxygen atoms in total. The lowest BCUT2D eigenvalue weighted by atomic mass is 9.73. The summed E-state index contributed by atoms with van der Waals surface area (Å²) >= 11 is 1.53. The number of carbonyl (C=O) groups excluding carboxylic acids is 2. The molecule has 3 aliphatic heterocycles. The van der Waals surface area contributed by atoms with E-state index in [9.17, 15) is 9.59 Å². The number of carbonyl (C=O) groups is 2. The summed E-state index contributed by atoms with van der Waals surface area (Å²) in [7, 11) is 2.11. The molecule has 0 aliphatic carbocycles. The van der Waals surface area contributed by atoms with Crippen molar-refractivity contribution in [2.24, 2.45) is 11.3 Å². The summed E-state index contributed by atoms with van der Waals surface area (Å²) in [6.07, 6.45) is 0.303. The third-order valence-corrected chi connectivity index (χ3v) is 6.85. The van der Waals surface area contributed by atoms with Crippen molar-refractivity contribution >= 4 is 38.5 Å². The lowest BCUT2D eigenvalue weighted by molar-refractivity contribution is -0.160. The van der Waals surface area contributed by atoms with Gasteiger partial charge in [-0.25, -0.2) is 4.98 Å². The second kappa shape index (κ2) is 5.50. The Morgan fingerprint density at radius 2 is 2.04 bits per heavy atom. The van der Waals surface area contributed by atoms with Crippen LogP contribution in [0.1, 0.15) is 12.0 Å². The highest BCUT2D eigenvalue weighted by atomic mass is 32.1. The van der Waals surface area contributed by atoms with E-state index in [0.717, 1.165) is 36.4 Å². The molecule has 1 unspecified atom stereocenters. The van der Waals surface area contributed by atoms with E-state index in [1.807, 2.05) is 24.0 Å². The Bertz CT molecular complexity index is 909. The average molecular weight is 370 g/mol. The molecule has 1 aromatic carbocycles. The first-order valence-corrected chi connectivity index (χ1v) is 9.89. The van der Waals surface area contributed by atoms with Crippen LogP contribution in [0, 0.1) is 18.3 Å². The van der Waals surface area contributed by atoms with E-state index in [1.54, 1.807) is 4.90 Å². The SMILES string of the molecule is Cc1ccc2nc(N3CC(C(=O)N4CC5(CN(C)C5)C4)CC3=O)sc2c1. The van der Waals surface area contributed by atoms with E-state index < -0.39 is 0 Å². The van der Waals surface area contributed by atoms with E-state index in [-0.39, 0.29) is 17.7 Å². The minimum absolute atomic E-state index is 0.0118. The third kappa shape index (κ3) is 2.45. The summed E-state index contributed by atoms with van der Waals surface area (Å²) in [5, 5.41) is 0.714. The first-order chi connectivity index (χ1) is 12.4. The van der Waals surface area contributed by atoms with Crippen LogP contribution in [-0.4, -0.2) is 66.4 Å². The molecule has 26 heavy (non-hydrogen) atoms. The number of hydrogen-bond donors (Lipinski definition) is 0. The molecule has 136 valence electrons. The van der Waals surface area contributed by atoms with Gasteiger partial charge in [-0.1, -0.05) is 17.4 Å². The zero-order valence-corrected chi connectivity index (χ0v) is 15.9. The maximum Gasteiger partial charge on any atom is 0.229 e. The van der Waals surface area contributed by atoms with E-state index in [1.165, 1.54) is 16.9 Å². The number of aryl methyl sites for hydroxylation is 1. The Morgan fingerprint density at radius 1 is 1.27 bits per heavy atom. The maximum atomic E-state index is 12.8. The van der Waals surface area contributed by atoms with Gasteiger partial charge in [0.25, 0.3) is 0 Å². The van der Waals surface area contributed by atoms with Crippen molar-refractivity contribution in [3.8, 4) is 0 Å². The Balaban J connectivity index is 1.29. The highest BCUT2D eigenvalue weighted by Gasteiger charge is 2.53. The summed E-state index contributed by atoms with van der Waals surface area (Å²) < 4.78 is 1.08. The molecule has 7 heteroatoms. The molecule has 3 aliphatic rings. The van der Waals surface area contributed by atoms with Gasteiger partial charge in [-0.05, 0) is 31.7 Å². The van der Waals surface area contributed by atoms with Crippen LogP contribution < -0.4 is 4.90 Å². The Hall–Kier alpha value is -1.99. The molecule has 3 saturated heterocycles. The monoisotopic (exact) mass is 370 g/mol. The summed E-state index contributed by atoms with van der Waals surface area (Å²) in [5.74, 6) is -0.0814. The van der Waals surface area contributed by atoms with Crippen LogP contribution in [0.4, 0.5) is 5.13 Å². The van der Waals surface area contributed by atoms with Crippen LogP contribution >= 0.6 is 11.3 Å². The fourth-order valence-corrected chi connectivity index (χ4v) is 5.76. The molecule has 5 rings (SSSR count). The van der Waals surface area contributed by atoms with Gasteiger partial charge in [0, 0.05) is 44.6 Å². The quantitative estimate of drug-likeness (QED) is 0.808. The predicted octanol–water partition coefficient (Wildman–Crippen LogP) is 1.73. The first kappa shape index (κ1) is 16.2. The molecule has 0 bridgehead atoms. The van der Waals surface area contributed by atoms with Crippen molar-refractivity contribution in [1.29, 1.82) is 0 Å². The fourth-order valence-electron chi connectivity index (χ4n) is 4.67. The number of aromatic nitrogens is 1. The van der Waals surface area contributed by atoms with Crippen LogP contribution in [0.15, 0.2) is 18.2 Å². The van der Waals surface area contributed by atoms with Crippen molar-refractivity contribution in [2.45, 2.75) is 13.3 Å². The molecule has 2 aromatic rings. The van der Waals surface area contributed by atoms with Gasteiger partial charge in [0.1, 0.15) is 0 Å². The number of nitrogens with zero attached hydrogens (tertiary/aromatic N) is 4. The van der Waals surface area contributed by atoms with Crippen molar-refractivity contribution < 1.29 is 9.59 Å². The molecule has 0 saturated carbocycles. The smallest absolute Gasteiger partial charge is 0.229 e. The van der Waals surface area contributed by atoms with E-state index >= 15 is 0 Å². The highest BCUT2D eigenvalue weighted by molar-refractivity contribution is 7.22. The number of amides is 2. The molecule has 4 heterocycles. The molecule has 0 radical (unpaired) electrons. The van der Waals surface area contributed by atoms with Crippen LogP contribution in [-0.2, 0) is 9.59 Å². The number of thiazole rings is 1. The van der Waals surface area contributed by atoms with Crippen molar-refractivity contribution in [1.82, 2.24) is 14.8 Å². The van der Waals surface area contributed by atoms with Crippen LogP contribution in [0.3, 0.4) is 0 Å². The molecule has 0 N–H and O–H groups in total. The third-order valence-electron chi connectivity index (χ3n) is 5.81. The van der Waals surface area contributed by atoms with Gasteiger partial charge in [-0.15, -0.1) is 0 Å². The van der Waals surface area contributed by atoms with E-state index in [2.05, 4.69) is 23.0 Å². The standard InChI is InChI=1S/C19H22N4O2S/c1-12-3-4-14-15(5-12)26-18(20-14)23-7-13(6-16(23)24)17(25)22-10-19(11-22)8-21(2)9-19/h3-5,13H,6-11H2,1-2H3. The van der Waals surface area contributed by atoms with E-state index in [4.69, 9.17) is 0 Å². The number of rotatable bonds is 2. The number of benzene rings is 1. The molecule has 1 spiro atoms. The van der Waals surface area contributed by atoms with Gasteiger partial charge in [-0.2, -0.15) is 0 Å². The Labute approximate surface area is 156 Å². The zero-order valence-electron chi connectivity index (χ0n) is 15.1. The molecule has 1 aromatic heterocycles. The van der Waals surface area contributed by atoms with Crippen molar-refractivity contribution in [3.05, 3.63) is 23.8 Å². The van der Waals surface area contributed by atoms with Gasteiger partial charge in [-0.3, -0.25) is 14.5 Å². The minimum atomic E-state index is -0.230. The lowest BCUT2D eigenvalue weighted by Crippen LogP contribution is -2.72. The van der Waals surface area contributed by atoms with Gasteiger partial charge >= 0.3 is 0 Å². The number of likely N-dealkylation sites (tertiary alicyclic amines) is 2. The number of anilines is 1. The van der Waals surface area contributed by atoms with Gasteiger partial charge in [0.05, 0.1) is 16.1 Å². The number of fused-ring (bicyclic) bond motifs is 1. The second-order valence-corrected chi connectivity index (χ2v) is 9.25. The lowest BCUT2D eigenvalue weighted by Gasteiger charge is -2.59. The second-order valence-electron chi connectivity index (χ2n) is 8.24. The summed E-state index contributed by atoms with van der Waals surface area (Å²) in [6, 6.07) is 6.11. The average Bonchev–Trinajstić information content (AvgIpc) is 3.11. The van der Waals surface area contributed by atoms with Gasteiger partial charge in [0.2, 0.25) is 11.8 Å². The molecular weight excluding hydrogens is 348 g/mol. The molecule has 2 amide bonds. The van der Waals surface area contributed by atoms with Crippen molar-refractivity contribution in [3.63, 3.8) is 0 Å². The van der Waals surface area contributed by atoms with Gasteiger partial charge in [0.15, 0.2) is 5.13 Å². The normalized spacial score (nSPS) is 25.0. The molecular formula is C19H22N4O2S.